The summed E-state index contributed by atoms with van der Waals surface area (Å²) >= 11 is 0. The summed E-state index contributed by atoms with van der Waals surface area (Å²) in [4.78, 5) is 20.7. The molecule has 4 rings (SSSR count). The normalized spacial score (nSPS) is 21.6. The standard InChI is InChI=1S/C15H17N5O5S/c1-2-13-18-14(25-19-13)12-5-8(21)7-20(12)26(23,24)9-3-4-10-11(6-9)17-15(22)16-10/h3-4,6,8,12,21H,2,5,7H2,1H3,(H2,16,17,22)/t8-,12+/m0/s1. The molecule has 0 bridgehead atoms. The minimum absolute atomic E-state index is 0.00887. The van der Waals surface area contributed by atoms with Crippen LogP contribution in [0.3, 0.4) is 0 Å². The molecule has 2 aromatic heterocycles. The van der Waals surface area contributed by atoms with Gasteiger partial charge in [-0.25, -0.2) is 13.2 Å². The number of β-amino-alcohol motifs (C(OH)–C–C–N with tert-alkyl or cyclic N) is 1. The first-order valence-corrected chi connectivity index (χ1v) is 9.57. The second-order valence-electron chi connectivity index (χ2n) is 6.17. The van der Waals surface area contributed by atoms with E-state index in [2.05, 4.69) is 20.1 Å². The summed E-state index contributed by atoms with van der Waals surface area (Å²) < 4.78 is 32.6. The molecule has 3 aromatic rings. The molecular weight excluding hydrogens is 362 g/mol. The van der Waals surface area contributed by atoms with Gasteiger partial charge in [0.1, 0.15) is 6.04 Å². The van der Waals surface area contributed by atoms with E-state index in [1.807, 2.05) is 6.92 Å². The summed E-state index contributed by atoms with van der Waals surface area (Å²) in [5.74, 6) is 0.642. The van der Waals surface area contributed by atoms with E-state index in [1.54, 1.807) is 0 Å². The number of H-pyrrole nitrogens is 2. The Kier molecular flexibility index (Phi) is 3.93. The number of sulfonamides is 1. The van der Waals surface area contributed by atoms with Gasteiger partial charge in [-0.05, 0) is 18.2 Å². The lowest BCUT2D eigenvalue weighted by atomic mass is 10.2. The van der Waals surface area contributed by atoms with Crippen LogP contribution in [0.15, 0.2) is 32.4 Å². The van der Waals surface area contributed by atoms with Gasteiger partial charge in [0.05, 0.1) is 22.0 Å². The molecule has 1 aliphatic rings. The third-order valence-corrected chi connectivity index (χ3v) is 6.28. The summed E-state index contributed by atoms with van der Waals surface area (Å²) in [6, 6.07) is 3.58. The Morgan fingerprint density at radius 1 is 1.35 bits per heavy atom. The first-order chi connectivity index (χ1) is 12.4. The molecule has 1 aromatic carbocycles. The molecule has 10 nitrogen and oxygen atoms in total. The number of aliphatic hydroxyl groups is 1. The Balaban J connectivity index is 1.75. The monoisotopic (exact) mass is 379 g/mol. The minimum Gasteiger partial charge on any atom is -0.392 e. The van der Waals surface area contributed by atoms with Crippen LogP contribution in [0.4, 0.5) is 0 Å². The van der Waals surface area contributed by atoms with E-state index in [0.29, 0.717) is 23.3 Å². The Bertz CT molecular complexity index is 1110. The van der Waals surface area contributed by atoms with Crippen LogP contribution in [0, 0.1) is 0 Å². The molecule has 1 fully saturated rings. The topological polar surface area (TPSA) is 145 Å². The van der Waals surface area contributed by atoms with Crippen molar-refractivity contribution in [1.82, 2.24) is 24.4 Å². The average Bonchev–Trinajstić information content (AvgIpc) is 3.30. The molecule has 1 aliphatic heterocycles. The largest absolute Gasteiger partial charge is 0.392 e. The first kappa shape index (κ1) is 16.9. The number of fused-ring (bicyclic) bond motifs is 1. The van der Waals surface area contributed by atoms with Crippen LogP contribution in [0.5, 0.6) is 0 Å². The van der Waals surface area contributed by atoms with Crippen molar-refractivity contribution in [3.63, 3.8) is 0 Å². The van der Waals surface area contributed by atoms with Gasteiger partial charge < -0.3 is 19.6 Å². The number of benzene rings is 1. The van der Waals surface area contributed by atoms with Crippen LogP contribution in [0.1, 0.15) is 31.1 Å². The number of nitrogens with zero attached hydrogens (tertiary/aromatic N) is 3. The van der Waals surface area contributed by atoms with Crippen LogP contribution in [0.25, 0.3) is 11.0 Å². The van der Waals surface area contributed by atoms with Gasteiger partial charge in [-0.15, -0.1) is 0 Å². The van der Waals surface area contributed by atoms with Crippen LogP contribution < -0.4 is 5.69 Å². The number of aliphatic hydroxyl groups excluding tert-OH is 1. The molecule has 3 N–H and O–H groups in total. The molecular formula is C15H17N5O5S. The highest BCUT2D eigenvalue weighted by Crippen LogP contribution is 2.36. The number of aryl methyl sites for hydroxylation is 1. The van der Waals surface area contributed by atoms with Gasteiger partial charge in [-0.3, -0.25) is 0 Å². The summed E-state index contributed by atoms with van der Waals surface area (Å²) in [6.45, 7) is 1.79. The van der Waals surface area contributed by atoms with E-state index in [-0.39, 0.29) is 23.8 Å². The fourth-order valence-electron chi connectivity index (χ4n) is 3.13. The molecule has 26 heavy (non-hydrogen) atoms. The fourth-order valence-corrected chi connectivity index (χ4v) is 4.79. The molecule has 11 heteroatoms. The van der Waals surface area contributed by atoms with Gasteiger partial charge in [-0.1, -0.05) is 12.1 Å². The lowest BCUT2D eigenvalue weighted by Gasteiger charge is -2.21. The van der Waals surface area contributed by atoms with Gasteiger partial charge in [0.2, 0.25) is 15.9 Å². The molecule has 0 aliphatic carbocycles. The summed E-state index contributed by atoms with van der Waals surface area (Å²) in [6.07, 6.45) is -0.0980. The first-order valence-electron chi connectivity index (χ1n) is 8.13. The average molecular weight is 379 g/mol. The highest BCUT2D eigenvalue weighted by atomic mass is 32.2. The van der Waals surface area contributed by atoms with Crippen LogP contribution in [0.2, 0.25) is 0 Å². The number of nitrogens with one attached hydrogen (secondary N) is 2. The van der Waals surface area contributed by atoms with Gasteiger partial charge in [0, 0.05) is 19.4 Å². The molecule has 0 spiro atoms. The Hall–Kier alpha value is -2.50. The molecule has 0 saturated carbocycles. The van der Waals surface area contributed by atoms with Crippen LogP contribution >= 0.6 is 0 Å². The molecule has 3 heterocycles. The molecule has 1 saturated heterocycles. The molecule has 0 amide bonds. The predicted octanol–water partition coefficient (Wildman–Crippen LogP) is 0.298. The van der Waals surface area contributed by atoms with Gasteiger partial charge in [-0.2, -0.15) is 9.29 Å². The van der Waals surface area contributed by atoms with Crippen molar-refractivity contribution in [2.75, 3.05) is 6.54 Å². The third-order valence-electron chi connectivity index (χ3n) is 4.41. The van der Waals surface area contributed by atoms with Gasteiger partial charge in [0.15, 0.2) is 5.82 Å². The maximum atomic E-state index is 13.1. The predicted molar refractivity (Wildman–Crippen MR) is 89.9 cm³/mol. The van der Waals surface area contributed by atoms with E-state index in [9.17, 15) is 18.3 Å². The van der Waals surface area contributed by atoms with E-state index in [1.165, 1.54) is 18.2 Å². The third kappa shape index (κ3) is 2.73. The van der Waals surface area contributed by atoms with Crippen molar-refractivity contribution >= 4 is 21.1 Å². The highest BCUT2D eigenvalue weighted by Gasteiger charge is 2.43. The molecule has 0 unspecified atom stereocenters. The van der Waals surface area contributed by atoms with Crippen molar-refractivity contribution in [1.29, 1.82) is 0 Å². The van der Waals surface area contributed by atoms with Gasteiger partial charge >= 0.3 is 5.69 Å². The fraction of sp³-hybridized carbons (Fsp3) is 0.400. The van der Waals surface area contributed by atoms with Crippen molar-refractivity contribution < 1.29 is 18.0 Å². The number of hydrogen-bond acceptors (Lipinski definition) is 7. The van der Waals surface area contributed by atoms with Crippen LogP contribution in [-0.2, 0) is 16.4 Å². The zero-order chi connectivity index (χ0) is 18.5. The van der Waals surface area contributed by atoms with Gasteiger partial charge in [0.25, 0.3) is 0 Å². The maximum absolute atomic E-state index is 13.1. The molecule has 138 valence electrons. The zero-order valence-corrected chi connectivity index (χ0v) is 14.7. The van der Waals surface area contributed by atoms with Crippen LogP contribution in [-0.4, -0.2) is 50.6 Å². The highest BCUT2D eigenvalue weighted by molar-refractivity contribution is 7.89. The molecule has 2 atom stereocenters. The molecule has 0 radical (unpaired) electrons. The summed E-state index contributed by atoms with van der Waals surface area (Å²) in [5.41, 5.74) is 0.483. The second kappa shape index (κ2) is 6.04. The number of rotatable bonds is 4. The SMILES string of the molecule is CCc1noc([C@H]2C[C@H](O)CN2S(=O)(=O)c2ccc3[nH]c(=O)[nH]c3c2)n1. The maximum Gasteiger partial charge on any atom is 0.323 e. The van der Waals surface area contributed by atoms with E-state index >= 15 is 0 Å². The Morgan fingerprint density at radius 2 is 2.12 bits per heavy atom. The number of imidazole rings is 1. The summed E-state index contributed by atoms with van der Waals surface area (Å²) in [7, 11) is -3.94. The summed E-state index contributed by atoms with van der Waals surface area (Å²) in [5, 5.41) is 13.8. The quantitative estimate of drug-likeness (QED) is 0.591. The van der Waals surface area contributed by atoms with Crippen molar-refractivity contribution in [2.45, 2.75) is 36.8 Å². The number of hydrogen-bond donors (Lipinski definition) is 3. The lowest BCUT2D eigenvalue weighted by molar-refractivity contribution is 0.188. The van der Waals surface area contributed by atoms with E-state index in [0.717, 1.165) is 4.31 Å². The van der Waals surface area contributed by atoms with E-state index in [4.69, 9.17) is 4.52 Å². The minimum atomic E-state index is -3.94. The smallest absolute Gasteiger partial charge is 0.323 e. The van der Waals surface area contributed by atoms with Crippen molar-refractivity contribution in [2.24, 2.45) is 0 Å². The zero-order valence-electron chi connectivity index (χ0n) is 13.8. The van der Waals surface area contributed by atoms with Crippen molar-refractivity contribution in [3.8, 4) is 0 Å². The Labute approximate surface area is 147 Å². The lowest BCUT2D eigenvalue weighted by Crippen LogP contribution is -2.32. The van der Waals surface area contributed by atoms with E-state index < -0.39 is 27.9 Å². The number of aromatic amines is 2. The second-order valence-corrected chi connectivity index (χ2v) is 8.06. The van der Waals surface area contributed by atoms with Crippen molar-refractivity contribution in [3.05, 3.63) is 40.4 Å². The Morgan fingerprint density at radius 3 is 2.85 bits per heavy atom. The number of aromatic nitrogens is 4.